The smallest absolute Gasteiger partial charge is 0.224 e. The molecule has 1 saturated heterocycles. The van der Waals surface area contributed by atoms with Crippen molar-refractivity contribution < 1.29 is 4.79 Å². The van der Waals surface area contributed by atoms with Gasteiger partial charge >= 0.3 is 0 Å². The number of nitrogens with one attached hydrogen (secondary N) is 2. The van der Waals surface area contributed by atoms with Crippen molar-refractivity contribution in [2.75, 3.05) is 13.1 Å². The molecule has 4 heteroatoms. The van der Waals surface area contributed by atoms with Crippen LogP contribution in [0.1, 0.15) is 18.4 Å². The molecule has 1 atom stereocenters. The Morgan fingerprint density at radius 1 is 1.41 bits per heavy atom. The first kappa shape index (κ1) is 12.6. The highest BCUT2D eigenvalue weighted by molar-refractivity contribution is 9.10. The summed E-state index contributed by atoms with van der Waals surface area (Å²) in [5.41, 5.74) is 1.13. The van der Waals surface area contributed by atoms with Gasteiger partial charge in [0.25, 0.3) is 0 Å². The standard InChI is InChI=1S/C13H17BrN2O/c14-12-5-3-10(4-6-12)8-16-13(17)11-2-1-7-15-9-11/h3-6,11,15H,1-2,7-9H2,(H,16,17)/t11-/m1/s1. The highest BCUT2D eigenvalue weighted by Crippen LogP contribution is 2.12. The van der Waals surface area contributed by atoms with E-state index in [9.17, 15) is 4.79 Å². The monoisotopic (exact) mass is 296 g/mol. The van der Waals surface area contributed by atoms with Crippen LogP contribution in [0.3, 0.4) is 0 Å². The lowest BCUT2D eigenvalue weighted by Crippen LogP contribution is -2.40. The maximum atomic E-state index is 11.9. The van der Waals surface area contributed by atoms with E-state index in [4.69, 9.17) is 0 Å². The van der Waals surface area contributed by atoms with Gasteiger partial charge in [0, 0.05) is 17.6 Å². The lowest BCUT2D eigenvalue weighted by Gasteiger charge is -2.21. The summed E-state index contributed by atoms with van der Waals surface area (Å²) >= 11 is 3.39. The van der Waals surface area contributed by atoms with Gasteiger partial charge in [0.15, 0.2) is 0 Å². The highest BCUT2D eigenvalue weighted by Gasteiger charge is 2.20. The molecule has 0 aliphatic carbocycles. The third kappa shape index (κ3) is 3.82. The molecule has 0 saturated carbocycles. The molecule has 1 aliphatic heterocycles. The van der Waals surface area contributed by atoms with Crippen molar-refractivity contribution in [1.82, 2.24) is 10.6 Å². The fourth-order valence-electron chi connectivity index (χ4n) is 2.01. The van der Waals surface area contributed by atoms with Gasteiger partial charge in [-0.15, -0.1) is 0 Å². The van der Waals surface area contributed by atoms with Crippen LogP contribution in [-0.2, 0) is 11.3 Å². The summed E-state index contributed by atoms with van der Waals surface area (Å²) in [7, 11) is 0. The Morgan fingerprint density at radius 2 is 2.18 bits per heavy atom. The number of amides is 1. The first-order valence-corrected chi connectivity index (χ1v) is 6.78. The largest absolute Gasteiger partial charge is 0.352 e. The second-order valence-electron chi connectivity index (χ2n) is 4.39. The van der Waals surface area contributed by atoms with Gasteiger partial charge < -0.3 is 10.6 Å². The molecule has 1 heterocycles. The van der Waals surface area contributed by atoms with Crippen molar-refractivity contribution in [3.8, 4) is 0 Å². The van der Waals surface area contributed by atoms with E-state index in [0.29, 0.717) is 6.54 Å². The van der Waals surface area contributed by atoms with Crippen molar-refractivity contribution >= 4 is 21.8 Å². The first-order chi connectivity index (χ1) is 8.25. The number of carbonyl (C=O) groups is 1. The minimum absolute atomic E-state index is 0.138. The summed E-state index contributed by atoms with van der Waals surface area (Å²) in [5, 5.41) is 6.25. The van der Waals surface area contributed by atoms with Crippen molar-refractivity contribution in [2.45, 2.75) is 19.4 Å². The van der Waals surface area contributed by atoms with Gasteiger partial charge in [0.2, 0.25) is 5.91 Å². The topological polar surface area (TPSA) is 41.1 Å². The van der Waals surface area contributed by atoms with Crippen LogP contribution in [0.15, 0.2) is 28.7 Å². The molecule has 1 amide bonds. The molecule has 0 bridgehead atoms. The van der Waals surface area contributed by atoms with Crippen LogP contribution >= 0.6 is 15.9 Å². The number of benzene rings is 1. The summed E-state index contributed by atoms with van der Waals surface area (Å²) in [5.74, 6) is 0.305. The van der Waals surface area contributed by atoms with E-state index in [-0.39, 0.29) is 11.8 Å². The highest BCUT2D eigenvalue weighted by atomic mass is 79.9. The number of hydrogen-bond donors (Lipinski definition) is 2. The minimum atomic E-state index is 0.138. The fourth-order valence-corrected chi connectivity index (χ4v) is 2.28. The van der Waals surface area contributed by atoms with E-state index in [0.717, 1.165) is 36.0 Å². The Balaban J connectivity index is 1.81. The maximum absolute atomic E-state index is 11.9. The van der Waals surface area contributed by atoms with Gasteiger partial charge in [-0.2, -0.15) is 0 Å². The summed E-state index contributed by atoms with van der Waals surface area (Å²) in [4.78, 5) is 11.9. The molecule has 1 aromatic carbocycles. The third-order valence-corrected chi connectivity index (χ3v) is 3.58. The molecule has 2 rings (SSSR count). The van der Waals surface area contributed by atoms with Crippen LogP contribution in [0.25, 0.3) is 0 Å². The number of rotatable bonds is 3. The molecule has 17 heavy (non-hydrogen) atoms. The minimum Gasteiger partial charge on any atom is -0.352 e. The Kier molecular flexibility index (Phi) is 4.57. The molecule has 2 N–H and O–H groups in total. The third-order valence-electron chi connectivity index (χ3n) is 3.05. The van der Waals surface area contributed by atoms with E-state index in [1.165, 1.54) is 0 Å². The van der Waals surface area contributed by atoms with Crippen LogP contribution in [0, 0.1) is 5.92 Å². The zero-order valence-corrected chi connectivity index (χ0v) is 11.3. The second kappa shape index (κ2) is 6.17. The average Bonchev–Trinajstić information content (AvgIpc) is 2.39. The lowest BCUT2D eigenvalue weighted by atomic mass is 9.99. The van der Waals surface area contributed by atoms with Crippen LogP contribution in [-0.4, -0.2) is 19.0 Å². The van der Waals surface area contributed by atoms with E-state index in [1.54, 1.807) is 0 Å². The lowest BCUT2D eigenvalue weighted by molar-refractivity contribution is -0.125. The quantitative estimate of drug-likeness (QED) is 0.896. The molecular formula is C13H17BrN2O. The van der Waals surface area contributed by atoms with Crippen molar-refractivity contribution in [2.24, 2.45) is 5.92 Å². The summed E-state index contributed by atoms with van der Waals surface area (Å²) in [6.07, 6.45) is 2.09. The number of carbonyl (C=O) groups excluding carboxylic acids is 1. The number of halogens is 1. The predicted molar refractivity (Wildman–Crippen MR) is 71.6 cm³/mol. The summed E-state index contributed by atoms with van der Waals surface area (Å²) in [6.45, 7) is 2.46. The molecule has 0 unspecified atom stereocenters. The zero-order valence-electron chi connectivity index (χ0n) is 9.71. The van der Waals surface area contributed by atoms with Crippen molar-refractivity contribution in [1.29, 1.82) is 0 Å². The van der Waals surface area contributed by atoms with Gasteiger partial charge in [-0.1, -0.05) is 28.1 Å². The molecule has 3 nitrogen and oxygen atoms in total. The zero-order chi connectivity index (χ0) is 12.1. The van der Waals surface area contributed by atoms with Gasteiger partial charge in [-0.05, 0) is 37.1 Å². The molecule has 92 valence electrons. The molecule has 1 fully saturated rings. The molecular weight excluding hydrogens is 280 g/mol. The van der Waals surface area contributed by atoms with E-state index in [1.807, 2.05) is 24.3 Å². The van der Waals surface area contributed by atoms with E-state index >= 15 is 0 Å². The Bertz CT molecular complexity index is 372. The Hall–Kier alpha value is -0.870. The Labute approximate surface area is 110 Å². The van der Waals surface area contributed by atoms with Crippen LogP contribution < -0.4 is 10.6 Å². The number of piperidine rings is 1. The second-order valence-corrected chi connectivity index (χ2v) is 5.30. The van der Waals surface area contributed by atoms with Gasteiger partial charge in [0.1, 0.15) is 0 Å². The van der Waals surface area contributed by atoms with Gasteiger partial charge in [-0.25, -0.2) is 0 Å². The van der Waals surface area contributed by atoms with Crippen molar-refractivity contribution in [3.63, 3.8) is 0 Å². The molecule has 0 radical (unpaired) electrons. The van der Waals surface area contributed by atoms with Gasteiger partial charge in [-0.3, -0.25) is 4.79 Å². The molecule has 0 spiro atoms. The van der Waals surface area contributed by atoms with Crippen LogP contribution in [0.5, 0.6) is 0 Å². The van der Waals surface area contributed by atoms with Crippen LogP contribution in [0.2, 0.25) is 0 Å². The van der Waals surface area contributed by atoms with E-state index in [2.05, 4.69) is 26.6 Å². The summed E-state index contributed by atoms with van der Waals surface area (Å²) < 4.78 is 1.06. The maximum Gasteiger partial charge on any atom is 0.224 e. The van der Waals surface area contributed by atoms with Gasteiger partial charge in [0.05, 0.1) is 5.92 Å². The SMILES string of the molecule is O=C(NCc1ccc(Br)cc1)[C@@H]1CCCNC1. The average molecular weight is 297 g/mol. The number of hydrogen-bond acceptors (Lipinski definition) is 2. The first-order valence-electron chi connectivity index (χ1n) is 5.98. The van der Waals surface area contributed by atoms with Crippen LogP contribution in [0.4, 0.5) is 0 Å². The fraction of sp³-hybridized carbons (Fsp3) is 0.462. The van der Waals surface area contributed by atoms with E-state index < -0.39 is 0 Å². The normalized spacial score (nSPS) is 19.9. The Morgan fingerprint density at radius 3 is 2.82 bits per heavy atom. The molecule has 1 aliphatic rings. The molecule has 1 aromatic rings. The molecule has 0 aromatic heterocycles. The predicted octanol–water partition coefficient (Wildman–Crippen LogP) is 2.06. The summed E-state index contributed by atoms with van der Waals surface area (Å²) in [6, 6.07) is 8.01. The van der Waals surface area contributed by atoms with Crippen molar-refractivity contribution in [3.05, 3.63) is 34.3 Å².